The molecule has 0 radical (unpaired) electrons. The molecule has 0 amide bonds. The third-order valence-electron chi connectivity index (χ3n) is 4.50. The van der Waals surface area contributed by atoms with Gasteiger partial charge in [0.2, 0.25) is 0 Å². The van der Waals surface area contributed by atoms with Crippen LogP contribution < -0.4 is 5.43 Å². The fraction of sp³-hybridized carbons (Fsp3) is 0.625. The van der Waals surface area contributed by atoms with E-state index in [0.29, 0.717) is 6.04 Å². The molecule has 1 fully saturated rings. The Morgan fingerprint density at radius 3 is 2.58 bits per heavy atom. The minimum atomic E-state index is 0.411. The van der Waals surface area contributed by atoms with Crippen LogP contribution in [0.25, 0.3) is 0 Å². The standard InChI is InChI=1S/C16H25N3/c1-13(17-19-10-8-18(2)9-11-19)15-7-6-14-4-3-5-16(14)12-15/h6-7,12-13,17H,3-5,8-11H2,1-2H3. The van der Waals surface area contributed by atoms with Crippen LogP contribution in [0.5, 0.6) is 0 Å². The smallest absolute Gasteiger partial charge is 0.0436 e. The summed E-state index contributed by atoms with van der Waals surface area (Å²) in [6, 6.07) is 7.46. The lowest BCUT2D eigenvalue weighted by Gasteiger charge is -2.34. The van der Waals surface area contributed by atoms with Gasteiger partial charge in [-0.3, -0.25) is 0 Å². The predicted molar refractivity (Wildman–Crippen MR) is 79.1 cm³/mol. The number of rotatable bonds is 3. The van der Waals surface area contributed by atoms with Crippen molar-refractivity contribution >= 4 is 0 Å². The van der Waals surface area contributed by atoms with Gasteiger partial charge in [0.05, 0.1) is 0 Å². The Morgan fingerprint density at radius 1 is 1.05 bits per heavy atom. The van der Waals surface area contributed by atoms with Crippen LogP contribution in [0.3, 0.4) is 0 Å². The van der Waals surface area contributed by atoms with E-state index in [9.17, 15) is 0 Å². The van der Waals surface area contributed by atoms with Gasteiger partial charge in [-0.25, -0.2) is 10.4 Å². The van der Waals surface area contributed by atoms with E-state index >= 15 is 0 Å². The Kier molecular flexibility index (Phi) is 3.87. The quantitative estimate of drug-likeness (QED) is 0.895. The zero-order valence-electron chi connectivity index (χ0n) is 12.2. The van der Waals surface area contributed by atoms with Crippen LogP contribution in [0, 0.1) is 0 Å². The number of hydrogen-bond donors (Lipinski definition) is 1. The Bertz CT molecular complexity index is 436. The zero-order chi connectivity index (χ0) is 13.2. The molecular weight excluding hydrogens is 234 g/mol. The Labute approximate surface area is 116 Å². The maximum atomic E-state index is 3.65. The molecule has 3 rings (SSSR count). The first-order valence-electron chi connectivity index (χ1n) is 7.54. The van der Waals surface area contributed by atoms with Crippen molar-refractivity contribution in [1.82, 2.24) is 15.3 Å². The predicted octanol–water partition coefficient (Wildman–Crippen LogP) is 1.99. The minimum Gasteiger partial charge on any atom is -0.304 e. The topological polar surface area (TPSA) is 18.5 Å². The van der Waals surface area contributed by atoms with Crippen LogP contribution in [-0.4, -0.2) is 43.1 Å². The van der Waals surface area contributed by atoms with E-state index in [4.69, 9.17) is 0 Å². The number of fused-ring (bicyclic) bond motifs is 1. The van der Waals surface area contributed by atoms with Crippen LogP contribution in [0.15, 0.2) is 18.2 Å². The molecule has 2 aliphatic rings. The van der Waals surface area contributed by atoms with Gasteiger partial charge in [0.25, 0.3) is 0 Å². The number of likely N-dealkylation sites (N-methyl/N-ethyl adjacent to an activating group) is 1. The summed E-state index contributed by atoms with van der Waals surface area (Å²) >= 11 is 0. The third-order valence-corrected chi connectivity index (χ3v) is 4.50. The van der Waals surface area contributed by atoms with Gasteiger partial charge in [-0.2, -0.15) is 0 Å². The van der Waals surface area contributed by atoms with E-state index in [-0.39, 0.29) is 0 Å². The molecule has 0 saturated carbocycles. The molecule has 1 aliphatic carbocycles. The van der Waals surface area contributed by atoms with Crippen molar-refractivity contribution in [2.45, 2.75) is 32.2 Å². The van der Waals surface area contributed by atoms with Crippen LogP contribution in [0.2, 0.25) is 0 Å². The fourth-order valence-corrected chi connectivity index (χ4v) is 3.15. The summed E-state index contributed by atoms with van der Waals surface area (Å²) in [7, 11) is 2.20. The number of nitrogens with zero attached hydrogens (tertiary/aromatic N) is 2. The molecule has 0 aromatic heterocycles. The number of nitrogens with one attached hydrogen (secondary N) is 1. The average Bonchev–Trinajstić information content (AvgIpc) is 2.88. The molecule has 3 nitrogen and oxygen atoms in total. The molecule has 1 atom stereocenters. The van der Waals surface area contributed by atoms with Gasteiger partial charge in [0.1, 0.15) is 0 Å². The van der Waals surface area contributed by atoms with Crippen molar-refractivity contribution in [1.29, 1.82) is 0 Å². The second-order valence-corrected chi connectivity index (χ2v) is 6.02. The molecular formula is C16H25N3. The molecule has 19 heavy (non-hydrogen) atoms. The molecule has 1 aliphatic heterocycles. The molecule has 3 heteroatoms. The van der Waals surface area contributed by atoms with Gasteiger partial charge in [-0.05, 0) is 49.9 Å². The summed E-state index contributed by atoms with van der Waals surface area (Å²) in [5.74, 6) is 0. The van der Waals surface area contributed by atoms with Crippen molar-refractivity contribution in [3.63, 3.8) is 0 Å². The highest BCUT2D eigenvalue weighted by Crippen LogP contribution is 2.25. The summed E-state index contributed by atoms with van der Waals surface area (Å²) in [6.07, 6.45) is 3.87. The Morgan fingerprint density at radius 2 is 1.79 bits per heavy atom. The van der Waals surface area contributed by atoms with Crippen molar-refractivity contribution < 1.29 is 0 Å². The SMILES string of the molecule is CC(NN1CCN(C)CC1)c1ccc2c(c1)CCC2. The van der Waals surface area contributed by atoms with Crippen molar-refractivity contribution in [3.05, 3.63) is 34.9 Å². The molecule has 1 heterocycles. The second kappa shape index (κ2) is 5.61. The monoisotopic (exact) mass is 259 g/mol. The highest BCUT2D eigenvalue weighted by atomic mass is 15.5. The number of hydrazine groups is 1. The third kappa shape index (κ3) is 2.99. The molecule has 1 saturated heterocycles. The van der Waals surface area contributed by atoms with E-state index in [2.05, 4.69) is 47.5 Å². The first-order valence-corrected chi connectivity index (χ1v) is 7.54. The van der Waals surface area contributed by atoms with Gasteiger partial charge in [-0.1, -0.05) is 18.2 Å². The summed E-state index contributed by atoms with van der Waals surface area (Å²) in [4.78, 5) is 2.39. The van der Waals surface area contributed by atoms with Gasteiger partial charge >= 0.3 is 0 Å². The summed E-state index contributed by atoms with van der Waals surface area (Å²) in [6.45, 7) is 6.82. The first-order chi connectivity index (χ1) is 9.22. The molecule has 0 spiro atoms. The van der Waals surface area contributed by atoms with Crippen molar-refractivity contribution in [2.75, 3.05) is 33.2 Å². The van der Waals surface area contributed by atoms with Crippen LogP contribution in [0.1, 0.15) is 36.1 Å². The number of piperazine rings is 1. The van der Waals surface area contributed by atoms with Crippen LogP contribution >= 0.6 is 0 Å². The molecule has 104 valence electrons. The molecule has 1 aromatic carbocycles. The van der Waals surface area contributed by atoms with E-state index in [0.717, 1.165) is 26.2 Å². The lowest BCUT2D eigenvalue weighted by Crippen LogP contribution is -2.51. The van der Waals surface area contributed by atoms with Crippen LogP contribution in [-0.2, 0) is 12.8 Å². The Hall–Kier alpha value is -0.900. The Balaban J connectivity index is 1.62. The van der Waals surface area contributed by atoms with Crippen LogP contribution in [0.4, 0.5) is 0 Å². The lowest BCUT2D eigenvalue weighted by molar-refractivity contribution is 0.0899. The lowest BCUT2D eigenvalue weighted by atomic mass is 10.0. The van der Waals surface area contributed by atoms with E-state index in [1.165, 1.54) is 24.8 Å². The zero-order valence-corrected chi connectivity index (χ0v) is 12.2. The maximum absolute atomic E-state index is 3.65. The molecule has 0 bridgehead atoms. The number of hydrogen-bond acceptors (Lipinski definition) is 3. The molecule has 1 N–H and O–H groups in total. The second-order valence-electron chi connectivity index (χ2n) is 6.02. The van der Waals surface area contributed by atoms with Crippen molar-refractivity contribution in [2.24, 2.45) is 0 Å². The normalized spacial score (nSPS) is 22.4. The van der Waals surface area contributed by atoms with Crippen molar-refractivity contribution in [3.8, 4) is 0 Å². The first kappa shape index (κ1) is 13.1. The van der Waals surface area contributed by atoms with E-state index < -0.39 is 0 Å². The van der Waals surface area contributed by atoms with Gasteiger partial charge < -0.3 is 4.90 Å². The fourth-order valence-electron chi connectivity index (χ4n) is 3.15. The maximum Gasteiger partial charge on any atom is 0.0436 e. The molecule has 1 aromatic rings. The summed E-state index contributed by atoms with van der Waals surface area (Å²) in [5.41, 5.74) is 8.22. The van der Waals surface area contributed by atoms with Gasteiger partial charge in [0, 0.05) is 32.2 Å². The average molecular weight is 259 g/mol. The van der Waals surface area contributed by atoms with Gasteiger partial charge in [-0.15, -0.1) is 0 Å². The van der Waals surface area contributed by atoms with E-state index in [1.807, 2.05) is 0 Å². The number of aryl methyl sites for hydroxylation is 2. The summed E-state index contributed by atoms with van der Waals surface area (Å²) in [5, 5.41) is 2.37. The largest absolute Gasteiger partial charge is 0.304 e. The highest BCUT2D eigenvalue weighted by Gasteiger charge is 2.17. The van der Waals surface area contributed by atoms with E-state index in [1.54, 1.807) is 11.1 Å². The summed E-state index contributed by atoms with van der Waals surface area (Å²) < 4.78 is 0. The minimum absolute atomic E-state index is 0.411. The highest BCUT2D eigenvalue weighted by molar-refractivity contribution is 5.36. The molecule has 1 unspecified atom stereocenters. The van der Waals surface area contributed by atoms with Gasteiger partial charge in [0.15, 0.2) is 0 Å². The number of benzene rings is 1.